The zero-order valence-corrected chi connectivity index (χ0v) is 13.5. The molecule has 0 aliphatic carbocycles. The lowest BCUT2D eigenvalue weighted by molar-refractivity contribution is 0.179. The Morgan fingerprint density at radius 1 is 1.25 bits per heavy atom. The molecule has 0 saturated carbocycles. The number of nitrogens with one attached hydrogen (secondary N) is 1. The van der Waals surface area contributed by atoms with Gasteiger partial charge in [-0.15, -0.1) is 11.3 Å². The van der Waals surface area contributed by atoms with Gasteiger partial charge < -0.3 is 10.4 Å². The van der Waals surface area contributed by atoms with Crippen LogP contribution in [0.2, 0.25) is 9.36 Å². The minimum absolute atomic E-state index is 0.499. The maximum Gasteiger partial charge on any atom is 0.112 e. The highest BCUT2D eigenvalue weighted by molar-refractivity contribution is 7.17. The SMILES string of the molecule is Cc1ccc(CCNCC(O)c2cc(Cl)c(Cl)s2)cc1. The van der Waals surface area contributed by atoms with E-state index >= 15 is 0 Å². The summed E-state index contributed by atoms with van der Waals surface area (Å²) >= 11 is 13.1. The van der Waals surface area contributed by atoms with Crippen LogP contribution in [0.25, 0.3) is 0 Å². The number of aliphatic hydroxyl groups is 1. The largest absolute Gasteiger partial charge is 0.386 e. The molecule has 2 rings (SSSR count). The fourth-order valence-electron chi connectivity index (χ4n) is 1.85. The number of aryl methyl sites for hydroxylation is 1. The van der Waals surface area contributed by atoms with Gasteiger partial charge in [0.2, 0.25) is 0 Å². The van der Waals surface area contributed by atoms with E-state index in [1.54, 1.807) is 6.07 Å². The summed E-state index contributed by atoms with van der Waals surface area (Å²) in [5, 5.41) is 13.8. The normalized spacial score (nSPS) is 12.6. The van der Waals surface area contributed by atoms with E-state index in [1.165, 1.54) is 22.5 Å². The molecule has 0 saturated heterocycles. The minimum atomic E-state index is -0.567. The summed E-state index contributed by atoms with van der Waals surface area (Å²) in [4.78, 5) is 0.794. The number of hydrogen-bond acceptors (Lipinski definition) is 3. The zero-order chi connectivity index (χ0) is 14.5. The highest BCUT2D eigenvalue weighted by atomic mass is 35.5. The molecule has 1 heterocycles. The van der Waals surface area contributed by atoms with Crippen LogP contribution < -0.4 is 5.32 Å². The van der Waals surface area contributed by atoms with Crippen molar-refractivity contribution in [1.29, 1.82) is 0 Å². The maximum absolute atomic E-state index is 10.0. The van der Waals surface area contributed by atoms with Crippen LogP contribution >= 0.6 is 34.5 Å². The molecule has 0 fully saturated rings. The van der Waals surface area contributed by atoms with Crippen molar-refractivity contribution in [2.75, 3.05) is 13.1 Å². The number of thiophene rings is 1. The third kappa shape index (κ3) is 4.47. The second kappa shape index (κ2) is 7.43. The van der Waals surface area contributed by atoms with E-state index in [4.69, 9.17) is 23.2 Å². The highest BCUT2D eigenvalue weighted by Crippen LogP contribution is 2.34. The van der Waals surface area contributed by atoms with Crippen molar-refractivity contribution in [1.82, 2.24) is 5.32 Å². The molecular formula is C15H17Cl2NOS. The standard InChI is InChI=1S/C15H17Cl2NOS/c1-10-2-4-11(5-3-10)6-7-18-9-13(19)14-8-12(16)15(17)20-14/h2-5,8,13,18-19H,6-7,9H2,1H3. The van der Waals surface area contributed by atoms with Crippen LogP contribution in [-0.4, -0.2) is 18.2 Å². The van der Waals surface area contributed by atoms with Crippen molar-refractivity contribution < 1.29 is 5.11 Å². The molecule has 0 spiro atoms. The third-order valence-corrected chi connectivity index (χ3v) is 5.01. The van der Waals surface area contributed by atoms with E-state index in [1.807, 2.05) is 0 Å². The fourth-order valence-corrected chi connectivity index (χ4v) is 3.23. The van der Waals surface area contributed by atoms with Crippen LogP contribution in [0, 0.1) is 6.92 Å². The molecule has 108 valence electrons. The predicted octanol–water partition coefficient (Wildman–Crippen LogP) is 4.23. The van der Waals surface area contributed by atoms with E-state index in [-0.39, 0.29) is 0 Å². The molecule has 2 aromatic rings. The molecule has 0 aliphatic heterocycles. The Balaban J connectivity index is 1.74. The van der Waals surface area contributed by atoms with Gasteiger partial charge in [-0.3, -0.25) is 0 Å². The average Bonchev–Trinajstić information content (AvgIpc) is 2.77. The Morgan fingerprint density at radius 2 is 1.95 bits per heavy atom. The summed E-state index contributed by atoms with van der Waals surface area (Å²) in [6, 6.07) is 10.2. The quantitative estimate of drug-likeness (QED) is 0.777. The Labute approximate surface area is 133 Å². The molecule has 5 heteroatoms. The first-order valence-electron chi connectivity index (χ1n) is 6.45. The van der Waals surface area contributed by atoms with Crippen LogP contribution in [-0.2, 0) is 6.42 Å². The summed E-state index contributed by atoms with van der Waals surface area (Å²) in [5.41, 5.74) is 2.56. The predicted molar refractivity (Wildman–Crippen MR) is 87.1 cm³/mol. The van der Waals surface area contributed by atoms with E-state index < -0.39 is 6.10 Å². The van der Waals surface area contributed by atoms with E-state index in [2.05, 4.69) is 36.5 Å². The van der Waals surface area contributed by atoms with E-state index in [9.17, 15) is 5.11 Å². The summed E-state index contributed by atoms with van der Waals surface area (Å²) < 4.78 is 0.528. The van der Waals surface area contributed by atoms with Gasteiger partial charge in [0.1, 0.15) is 10.4 Å². The Kier molecular flexibility index (Phi) is 5.87. The second-order valence-electron chi connectivity index (χ2n) is 4.73. The number of rotatable bonds is 6. The van der Waals surface area contributed by atoms with Gasteiger partial charge in [-0.25, -0.2) is 0 Å². The van der Waals surface area contributed by atoms with Crippen LogP contribution in [0.3, 0.4) is 0 Å². The Hall–Kier alpha value is -0.580. The molecular weight excluding hydrogens is 313 g/mol. The van der Waals surface area contributed by atoms with Gasteiger partial charge in [-0.2, -0.15) is 0 Å². The van der Waals surface area contributed by atoms with Gasteiger partial charge in [-0.05, 0) is 31.5 Å². The van der Waals surface area contributed by atoms with Crippen LogP contribution in [0.5, 0.6) is 0 Å². The van der Waals surface area contributed by atoms with Crippen molar-refractivity contribution >= 4 is 34.5 Å². The molecule has 1 aromatic heterocycles. The molecule has 0 aliphatic rings. The summed E-state index contributed by atoms with van der Waals surface area (Å²) in [6.07, 6.45) is 0.377. The van der Waals surface area contributed by atoms with Gasteiger partial charge in [0.05, 0.1) is 5.02 Å². The van der Waals surface area contributed by atoms with Crippen molar-refractivity contribution in [3.8, 4) is 0 Å². The first-order valence-corrected chi connectivity index (χ1v) is 8.02. The second-order valence-corrected chi connectivity index (χ2v) is 6.82. The van der Waals surface area contributed by atoms with Crippen LogP contribution in [0.1, 0.15) is 22.1 Å². The van der Waals surface area contributed by atoms with Gasteiger partial charge in [0.15, 0.2) is 0 Å². The smallest absolute Gasteiger partial charge is 0.112 e. The monoisotopic (exact) mass is 329 g/mol. The molecule has 1 atom stereocenters. The lowest BCUT2D eigenvalue weighted by Gasteiger charge is -2.10. The number of aliphatic hydroxyl groups excluding tert-OH is 1. The van der Waals surface area contributed by atoms with E-state index in [0.29, 0.717) is 15.9 Å². The molecule has 0 radical (unpaired) electrons. The zero-order valence-electron chi connectivity index (χ0n) is 11.2. The van der Waals surface area contributed by atoms with Gasteiger partial charge in [0, 0.05) is 11.4 Å². The summed E-state index contributed by atoms with van der Waals surface area (Å²) in [5.74, 6) is 0. The van der Waals surface area contributed by atoms with Gasteiger partial charge >= 0.3 is 0 Å². The average molecular weight is 330 g/mol. The van der Waals surface area contributed by atoms with Crippen LogP contribution in [0.4, 0.5) is 0 Å². The Bertz CT molecular complexity index is 534. The summed E-state index contributed by atoms with van der Waals surface area (Å²) in [7, 11) is 0. The van der Waals surface area contributed by atoms with Crippen LogP contribution in [0.15, 0.2) is 30.3 Å². The lowest BCUT2D eigenvalue weighted by Crippen LogP contribution is -2.23. The van der Waals surface area contributed by atoms with Crippen molar-refractivity contribution in [3.63, 3.8) is 0 Å². The number of hydrogen-bond donors (Lipinski definition) is 2. The number of halogens is 2. The van der Waals surface area contributed by atoms with Crippen molar-refractivity contribution in [3.05, 3.63) is 55.7 Å². The topological polar surface area (TPSA) is 32.3 Å². The minimum Gasteiger partial charge on any atom is -0.386 e. The number of benzene rings is 1. The Morgan fingerprint density at radius 3 is 2.55 bits per heavy atom. The van der Waals surface area contributed by atoms with Gasteiger partial charge in [-0.1, -0.05) is 53.0 Å². The molecule has 1 unspecified atom stereocenters. The summed E-state index contributed by atoms with van der Waals surface area (Å²) in [6.45, 7) is 3.40. The molecule has 0 amide bonds. The first-order chi connectivity index (χ1) is 9.56. The molecule has 2 nitrogen and oxygen atoms in total. The van der Waals surface area contributed by atoms with Crippen molar-refractivity contribution in [2.45, 2.75) is 19.4 Å². The molecule has 20 heavy (non-hydrogen) atoms. The third-order valence-electron chi connectivity index (χ3n) is 3.04. The highest BCUT2D eigenvalue weighted by Gasteiger charge is 2.12. The van der Waals surface area contributed by atoms with Crippen molar-refractivity contribution in [2.24, 2.45) is 0 Å². The maximum atomic E-state index is 10.0. The first kappa shape index (κ1) is 15.8. The molecule has 1 aromatic carbocycles. The fraction of sp³-hybridized carbons (Fsp3) is 0.333. The molecule has 0 bridgehead atoms. The lowest BCUT2D eigenvalue weighted by atomic mass is 10.1. The van der Waals surface area contributed by atoms with Gasteiger partial charge in [0.25, 0.3) is 0 Å². The molecule has 2 N–H and O–H groups in total. The van der Waals surface area contributed by atoms with E-state index in [0.717, 1.165) is 17.8 Å².